The molecule has 0 bridgehead atoms. The van der Waals surface area contributed by atoms with Gasteiger partial charge < -0.3 is 4.42 Å². The maximum absolute atomic E-state index is 6.87. The van der Waals surface area contributed by atoms with E-state index in [-0.39, 0.29) is 0 Å². The summed E-state index contributed by atoms with van der Waals surface area (Å²) in [7, 11) is 0. The van der Waals surface area contributed by atoms with Crippen LogP contribution in [0.1, 0.15) is 5.89 Å². The summed E-state index contributed by atoms with van der Waals surface area (Å²) < 4.78 is 5.98. The van der Waals surface area contributed by atoms with Crippen LogP contribution in [-0.2, 0) is 5.33 Å². The van der Waals surface area contributed by atoms with Gasteiger partial charge in [-0.25, -0.2) is 9.83 Å². The third kappa shape index (κ3) is 2.18. The third-order valence-electron chi connectivity index (χ3n) is 2.01. The highest BCUT2D eigenvalue weighted by Crippen LogP contribution is 2.30. The van der Waals surface area contributed by atoms with Gasteiger partial charge in [0.2, 0.25) is 5.89 Å². The fourth-order valence-electron chi connectivity index (χ4n) is 1.27. The minimum absolute atomic E-state index is 0.575. The van der Waals surface area contributed by atoms with Crippen molar-refractivity contribution in [2.24, 2.45) is 0 Å². The molecular formula is C11H6Br2N2O. The topological polar surface area (TPSA) is 30.4 Å². The van der Waals surface area contributed by atoms with Crippen molar-refractivity contribution in [3.63, 3.8) is 0 Å². The zero-order valence-corrected chi connectivity index (χ0v) is 11.2. The van der Waals surface area contributed by atoms with Crippen LogP contribution in [0, 0.1) is 6.57 Å². The minimum atomic E-state index is 0.575. The predicted molar refractivity (Wildman–Crippen MR) is 68.5 cm³/mol. The van der Waals surface area contributed by atoms with Crippen LogP contribution < -0.4 is 0 Å². The van der Waals surface area contributed by atoms with Crippen molar-refractivity contribution in [1.82, 2.24) is 4.98 Å². The summed E-state index contributed by atoms with van der Waals surface area (Å²) in [5.41, 5.74) is 2.30. The van der Waals surface area contributed by atoms with E-state index in [1.54, 1.807) is 12.1 Å². The summed E-state index contributed by atoms with van der Waals surface area (Å²) in [6, 6.07) is 7.23. The van der Waals surface area contributed by atoms with Crippen LogP contribution in [0.4, 0.5) is 5.69 Å². The number of aromatic nitrogens is 1. The van der Waals surface area contributed by atoms with Crippen molar-refractivity contribution in [2.75, 3.05) is 0 Å². The van der Waals surface area contributed by atoms with Crippen LogP contribution in [-0.4, -0.2) is 4.98 Å². The molecule has 5 heteroatoms. The summed E-state index contributed by atoms with van der Waals surface area (Å²) in [6.07, 6.45) is 0. The van der Waals surface area contributed by atoms with Crippen molar-refractivity contribution in [2.45, 2.75) is 5.33 Å². The van der Waals surface area contributed by atoms with Crippen molar-refractivity contribution < 1.29 is 4.42 Å². The summed E-state index contributed by atoms with van der Waals surface area (Å²) in [5, 5.41) is 0.575. The highest BCUT2D eigenvalue weighted by atomic mass is 79.9. The average molecular weight is 342 g/mol. The maximum Gasteiger partial charge on any atom is 0.206 e. The second kappa shape index (κ2) is 4.81. The standard InChI is InChI=1S/C11H6Br2N2O/c1-14-8-4-2-7(3-5-8)10-11(13)16-9(6-12)15-10/h2-5H,6H2. The van der Waals surface area contributed by atoms with Crippen molar-refractivity contribution in [3.05, 3.63) is 46.2 Å². The predicted octanol–water partition coefficient (Wildman–Crippen LogP) is 4.55. The van der Waals surface area contributed by atoms with Crippen LogP contribution >= 0.6 is 31.9 Å². The molecule has 0 aliphatic heterocycles. The average Bonchev–Trinajstić information content (AvgIpc) is 2.71. The molecule has 1 heterocycles. The normalized spacial score (nSPS) is 10.1. The smallest absolute Gasteiger partial charge is 0.206 e. The molecule has 0 atom stereocenters. The molecule has 0 spiro atoms. The van der Waals surface area contributed by atoms with Gasteiger partial charge in [-0.3, -0.25) is 0 Å². The van der Waals surface area contributed by atoms with Gasteiger partial charge in [-0.2, -0.15) is 0 Å². The van der Waals surface area contributed by atoms with Gasteiger partial charge in [0.25, 0.3) is 0 Å². The molecular weight excluding hydrogens is 336 g/mol. The molecule has 0 aliphatic carbocycles. The Bertz CT molecular complexity index is 540. The second-order valence-electron chi connectivity index (χ2n) is 3.02. The molecule has 0 unspecified atom stereocenters. The van der Waals surface area contributed by atoms with E-state index in [2.05, 4.69) is 41.7 Å². The van der Waals surface area contributed by atoms with Crippen molar-refractivity contribution >= 4 is 37.5 Å². The van der Waals surface area contributed by atoms with E-state index in [9.17, 15) is 0 Å². The number of alkyl halides is 1. The van der Waals surface area contributed by atoms with Gasteiger partial charge in [0.05, 0.1) is 11.9 Å². The molecule has 1 aromatic carbocycles. The Morgan fingerprint density at radius 2 is 2.00 bits per heavy atom. The lowest BCUT2D eigenvalue weighted by Crippen LogP contribution is -1.79. The Balaban J connectivity index is 2.42. The van der Waals surface area contributed by atoms with E-state index in [4.69, 9.17) is 11.0 Å². The first kappa shape index (κ1) is 11.4. The van der Waals surface area contributed by atoms with Crippen LogP contribution in [0.2, 0.25) is 0 Å². The second-order valence-corrected chi connectivity index (χ2v) is 4.30. The molecule has 2 rings (SSSR count). The van der Waals surface area contributed by atoms with Crippen molar-refractivity contribution in [3.8, 4) is 11.3 Å². The molecule has 1 aromatic heterocycles. The van der Waals surface area contributed by atoms with Gasteiger partial charge in [-0.1, -0.05) is 40.2 Å². The molecule has 3 nitrogen and oxygen atoms in total. The SMILES string of the molecule is [C-]#[N+]c1ccc(-c2nc(CBr)oc2Br)cc1. The van der Waals surface area contributed by atoms with E-state index in [0.717, 1.165) is 11.3 Å². The van der Waals surface area contributed by atoms with Gasteiger partial charge >= 0.3 is 0 Å². The monoisotopic (exact) mass is 340 g/mol. The van der Waals surface area contributed by atoms with Crippen LogP contribution in [0.5, 0.6) is 0 Å². The summed E-state index contributed by atoms with van der Waals surface area (Å²) in [5.74, 6) is 0.621. The van der Waals surface area contributed by atoms with Gasteiger partial charge in [0, 0.05) is 5.56 Å². The molecule has 2 aromatic rings. The van der Waals surface area contributed by atoms with Crippen LogP contribution in [0.25, 0.3) is 16.1 Å². The number of hydrogen-bond donors (Lipinski definition) is 0. The number of benzene rings is 1. The summed E-state index contributed by atoms with van der Waals surface area (Å²) in [6.45, 7) is 6.87. The molecule has 0 amide bonds. The van der Waals surface area contributed by atoms with Crippen molar-refractivity contribution in [1.29, 1.82) is 0 Å². The molecule has 80 valence electrons. The lowest BCUT2D eigenvalue weighted by molar-refractivity contribution is 0.497. The first-order valence-corrected chi connectivity index (χ1v) is 6.35. The molecule has 0 aliphatic rings. The quantitative estimate of drug-likeness (QED) is 0.592. The Morgan fingerprint density at radius 1 is 1.31 bits per heavy atom. The Kier molecular flexibility index (Phi) is 3.42. The Morgan fingerprint density at radius 3 is 2.50 bits per heavy atom. The highest BCUT2D eigenvalue weighted by Gasteiger charge is 2.11. The molecule has 0 N–H and O–H groups in total. The van der Waals surface area contributed by atoms with E-state index in [1.807, 2.05) is 12.1 Å². The fourth-order valence-corrected chi connectivity index (χ4v) is 2.02. The molecule has 16 heavy (non-hydrogen) atoms. The Labute approximate surface area is 110 Å². The molecule has 0 radical (unpaired) electrons. The highest BCUT2D eigenvalue weighted by molar-refractivity contribution is 9.10. The summed E-state index contributed by atoms with van der Waals surface area (Å²) in [4.78, 5) is 7.65. The lowest BCUT2D eigenvalue weighted by Gasteiger charge is -1.96. The molecule has 0 fully saturated rings. The number of rotatable bonds is 2. The zero-order chi connectivity index (χ0) is 11.5. The first-order valence-electron chi connectivity index (χ1n) is 4.43. The summed E-state index contributed by atoms with van der Waals surface area (Å²) >= 11 is 6.60. The van der Waals surface area contributed by atoms with Crippen LogP contribution in [0.3, 0.4) is 0 Å². The maximum atomic E-state index is 6.87. The third-order valence-corrected chi connectivity index (χ3v) is 3.03. The van der Waals surface area contributed by atoms with Gasteiger partial charge in [0.1, 0.15) is 5.69 Å². The molecule has 0 saturated heterocycles. The van der Waals surface area contributed by atoms with Crippen LogP contribution in [0.15, 0.2) is 33.4 Å². The largest absolute Gasteiger partial charge is 0.432 e. The number of oxazole rings is 1. The van der Waals surface area contributed by atoms with E-state index < -0.39 is 0 Å². The van der Waals surface area contributed by atoms with Gasteiger partial charge in [-0.05, 0) is 15.9 Å². The molecule has 0 saturated carbocycles. The number of halogens is 2. The number of nitrogens with zero attached hydrogens (tertiary/aromatic N) is 2. The van der Waals surface area contributed by atoms with Gasteiger partial charge in [0.15, 0.2) is 10.4 Å². The number of hydrogen-bond acceptors (Lipinski definition) is 2. The zero-order valence-electron chi connectivity index (χ0n) is 8.08. The fraction of sp³-hybridized carbons (Fsp3) is 0.0909. The Hall–Kier alpha value is -1.12. The van der Waals surface area contributed by atoms with E-state index in [1.165, 1.54) is 0 Å². The lowest BCUT2D eigenvalue weighted by atomic mass is 10.1. The first-order chi connectivity index (χ1) is 7.74. The minimum Gasteiger partial charge on any atom is -0.432 e. The van der Waals surface area contributed by atoms with Gasteiger partial charge in [-0.15, -0.1) is 0 Å². The van der Waals surface area contributed by atoms with E-state index in [0.29, 0.717) is 21.6 Å². The van der Waals surface area contributed by atoms with E-state index >= 15 is 0 Å².